The van der Waals surface area contributed by atoms with Crippen molar-refractivity contribution >= 4 is 5.82 Å². The van der Waals surface area contributed by atoms with Gasteiger partial charge in [0.05, 0.1) is 5.69 Å². The van der Waals surface area contributed by atoms with E-state index in [0.717, 1.165) is 11.5 Å². The first kappa shape index (κ1) is 13.4. The van der Waals surface area contributed by atoms with Crippen LogP contribution in [0, 0.1) is 0 Å². The molecule has 1 aromatic heterocycles. The van der Waals surface area contributed by atoms with Gasteiger partial charge in [0.2, 0.25) is 0 Å². The summed E-state index contributed by atoms with van der Waals surface area (Å²) < 4.78 is 2.26. The van der Waals surface area contributed by atoms with Gasteiger partial charge in [-0.25, -0.2) is 4.98 Å². The largest absolute Gasteiger partial charge is 0.384 e. The van der Waals surface area contributed by atoms with E-state index in [-0.39, 0.29) is 5.41 Å². The summed E-state index contributed by atoms with van der Waals surface area (Å²) in [6.45, 7) is 11.0. The molecule has 1 saturated carbocycles. The van der Waals surface area contributed by atoms with Crippen LogP contribution in [0.2, 0.25) is 0 Å². The van der Waals surface area contributed by atoms with Gasteiger partial charge in [-0.2, -0.15) is 0 Å². The molecule has 0 spiro atoms. The average molecular weight is 249 g/mol. The highest BCUT2D eigenvalue weighted by molar-refractivity contribution is 5.43. The summed E-state index contributed by atoms with van der Waals surface area (Å²) in [6, 6.07) is 0.393. The van der Waals surface area contributed by atoms with Gasteiger partial charge in [0.1, 0.15) is 11.6 Å². The Kier molecular flexibility index (Phi) is 3.43. The highest BCUT2D eigenvalue weighted by atomic mass is 15.2. The number of rotatable bonds is 2. The van der Waals surface area contributed by atoms with E-state index in [1.807, 2.05) is 0 Å². The fourth-order valence-electron chi connectivity index (χ4n) is 3.03. The van der Waals surface area contributed by atoms with Gasteiger partial charge in [0, 0.05) is 17.4 Å². The molecule has 1 aliphatic carbocycles. The smallest absolute Gasteiger partial charge is 0.127 e. The van der Waals surface area contributed by atoms with Crippen molar-refractivity contribution in [3.63, 3.8) is 0 Å². The van der Waals surface area contributed by atoms with Crippen LogP contribution in [0.25, 0.3) is 0 Å². The van der Waals surface area contributed by atoms with E-state index >= 15 is 0 Å². The molecule has 0 bridgehead atoms. The third-order valence-corrected chi connectivity index (χ3v) is 3.92. The van der Waals surface area contributed by atoms with Crippen LogP contribution in [0.3, 0.4) is 0 Å². The molecule has 0 atom stereocenters. The first-order valence-electron chi connectivity index (χ1n) is 7.20. The molecule has 0 aliphatic heterocycles. The lowest BCUT2D eigenvalue weighted by Gasteiger charge is -2.18. The molecule has 1 aliphatic rings. The van der Waals surface area contributed by atoms with Crippen molar-refractivity contribution in [1.82, 2.24) is 9.55 Å². The SMILES string of the molecule is CC(C)n1c(C2CCCC2)nc(C(C)(C)C)c1N. The molecule has 3 nitrogen and oxygen atoms in total. The number of imidazole rings is 1. The van der Waals surface area contributed by atoms with Crippen LogP contribution in [0.5, 0.6) is 0 Å². The van der Waals surface area contributed by atoms with Crippen LogP contribution < -0.4 is 5.73 Å². The number of nitrogen functional groups attached to an aromatic ring is 1. The first-order valence-corrected chi connectivity index (χ1v) is 7.20. The van der Waals surface area contributed by atoms with Crippen molar-refractivity contribution in [2.45, 2.75) is 77.7 Å². The van der Waals surface area contributed by atoms with Crippen molar-refractivity contribution in [1.29, 1.82) is 0 Å². The zero-order valence-electron chi connectivity index (χ0n) is 12.5. The Labute approximate surface area is 111 Å². The summed E-state index contributed by atoms with van der Waals surface area (Å²) in [5.41, 5.74) is 7.45. The number of hydrogen-bond donors (Lipinski definition) is 1. The molecule has 0 aromatic carbocycles. The highest BCUT2D eigenvalue weighted by Crippen LogP contribution is 2.39. The molecule has 1 fully saturated rings. The molecule has 3 heteroatoms. The minimum Gasteiger partial charge on any atom is -0.384 e. The normalized spacial score (nSPS) is 17.9. The summed E-state index contributed by atoms with van der Waals surface area (Å²) in [5.74, 6) is 2.72. The molecular formula is C15H27N3. The fourth-order valence-corrected chi connectivity index (χ4v) is 3.03. The Morgan fingerprint density at radius 2 is 1.78 bits per heavy atom. The van der Waals surface area contributed by atoms with Crippen LogP contribution in [0.4, 0.5) is 5.82 Å². The van der Waals surface area contributed by atoms with Crippen LogP contribution in [-0.2, 0) is 5.41 Å². The van der Waals surface area contributed by atoms with Gasteiger partial charge in [-0.3, -0.25) is 0 Å². The molecule has 0 unspecified atom stereocenters. The quantitative estimate of drug-likeness (QED) is 0.861. The van der Waals surface area contributed by atoms with E-state index in [0.29, 0.717) is 12.0 Å². The molecule has 18 heavy (non-hydrogen) atoms. The van der Waals surface area contributed by atoms with Crippen molar-refractivity contribution < 1.29 is 0 Å². The molecule has 1 aromatic rings. The molecule has 2 N–H and O–H groups in total. The van der Waals surface area contributed by atoms with Crippen molar-refractivity contribution in [3.05, 3.63) is 11.5 Å². The van der Waals surface area contributed by atoms with Crippen molar-refractivity contribution in [3.8, 4) is 0 Å². The Morgan fingerprint density at radius 3 is 2.22 bits per heavy atom. The second-order valence-corrected chi connectivity index (χ2v) is 6.90. The summed E-state index contributed by atoms with van der Waals surface area (Å²) in [7, 11) is 0. The van der Waals surface area contributed by atoms with Gasteiger partial charge >= 0.3 is 0 Å². The van der Waals surface area contributed by atoms with Gasteiger partial charge in [-0.15, -0.1) is 0 Å². The van der Waals surface area contributed by atoms with E-state index in [4.69, 9.17) is 10.7 Å². The lowest BCUT2D eigenvalue weighted by atomic mass is 9.92. The monoisotopic (exact) mass is 249 g/mol. The second-order valence-electron chi connectivity index (χ2n) is 6.90. The van der Waals surface area contributed by atoms with E-state index < -0.39 is 0 Å². The maximum atomic E-state index is 6.36. The van der Waals surface area contributed by atoms with Crippen LogP contribution in [0.15, 0.2) is 0 Å². The van der Waals surface area contributed by atoms with Gasteiger partial charge < -0.3 is 10.3 Å². The predicted octanol–water partition coefficient (Wildman–Crippen LogP) is 4.00. The number of nitrogens with two attached hydrogens (primary N) is 1. The highest BCUT2D eigenvalue weighted by Gasteiger charge is 2.30. The Balaban J connectivity index is 2.50. The van der Waals surface area contributed by atoms with Crippen LogP contribution in [-0.4, -0.2) is 9.55 Å². The lowest BCUT2D eigenvalue weighted by Crippen LogP contribution is -2.15. The second kappa shape index (κ2) is 4.60. The number of hydrogen-bond acceptors (Lipinski definition) is 2. The minimum absolute atomic E-state index is 0.0254. The summed E-state index contributed by atoms with van der Waals surface area (Å²) >= 11 is 0. The van der Waals surface area contributed by atoms with E-state index in [1.165, 1.54) is 31.5 Å². The lowest BCUT2D eigenvalue weighted by molar-refractivity contribution is 0.533. The van der Waals surface area contributed by atoms with Crippen LogP contribution >= 0.6 is 0 Å². The third kappa shape index (κ3) is 2.27. The Hall–Kier alpha value is -0.990. The molecule has 0 amide bonds. The molecule has 0 radical (unpaired) electrons. The summed E-state index contributed by atoms with van der Waals surface area (Å²) in [4.78, 5) is 4.92. The maximum Gasteiger partial charge on any atom is 0.127 e. The Bertz CT molecular complexity index is 418. The Morgan fingerprint density at radius 1 is 1.22 bits per heavy atom. The fraction of sp³-hybridized carbons (Fsp3) is 0.800. The predicted molar refractivity (Wildman–Crippen MR) is 76.9 cm³/mol. The number of aromatic nitrogens is 2. The van der Waals surface area contributed by atoms with E-state index in [1.54, 1.807) is 0 Å². The third-order valence-electron chi connectivity index (χ3n) is 3.92. The average Bonchev–Trinajstić information content (AvgIpc) is 2.81. The van der Waals surface area contributed by atoms with Crippen molar-refractivity contribution in [2.75, 3.05) is 5.73 Å². The molecule has 0 saturated heterocycles. The molecule has 1 heterocycles. The first-order chi connectivity index (χ1) is 8.32. The molecule has 102 valence electrons. The van der Waals surface area contributed by atoms with Gasteiger partial charge in [0.25, 0.3) is 0 Å². The summed E-state index contributed by atoms with van der Waals surface area (Å²) in [5, 5.41) is 0. The zero-order valence-corrected chi connectivity index (χ0v) is 12.5. The van der Waals surface area contributed by atoms with Crippen LogP contribution in [0.1, 0.15) is 83.8 Å². The standard InChI is InChI=1S/C15H27N3/c1-10(2)18-13(16)12(15(3,4)5)17-14(18)11-8-6-7-9-11/h10-11H,6-9,16H2,1-5H3. The van der Waals surface area contributed by atoms with E-state index in [9.17, 15) is 0 Å². The van der Waals surface area contributed by atoms with E-state index in [2.05, 4.69) is 39.2 Å². The van der Waals surface area contributed by atoms with Gasteiger partial charge in [0.15, 0.2) is 0 Å². The number of nitrogens with zero attached hydrogens (tertiary/aromatic N) is 2. The topological polar surface area (TPSA) is 43.8 Å². The van der Waals surface area contributed by atoms with Gasteiger partial charge in [-0.05, 0) is 26.7 Å². The number of anilines is 1. The molecular weight excluding hydrogens is 222 g/mol. The maximum absolute atomic E-state index is 6.36. The minimum atomic E-state index is 0.0254. The zero-order chi connectivity index (χ0) is 13.5. The van der Waals surface area contributed by atoms with Crippen molar-refractivity contribution in [2.24, 2.45) is 0 Å². The molecule has 2 rings (SSSR count). The summed E-state index contributed by atoms with van der Waals surface area (Å²) in [6.07, 6.45) is 5.21. The van der Waals surface area contributed by atoms with Gasteiger partial charge in [-0.1, -0.05) is 33.6 Å².